The van der Waals surface area contributed by atoms with Crippen LogP contribution in [0.25, 0.3) is 0 Å². The number of hydrogen-bond acceptors (Lipinski definition) is 2. The molecule has 1 aliphatic heterocycles. The van der Waals surface area contributed by atoms with Crippen molar-refractivity contribution in [2.45, 2.75) is 37.3 Å². The van der Waals surface area contributed by atoms with Gasteiger partial charge in [0.25, 0.3) is 0 Å². The van der Waals surface area contributed by atoms with Gasteiger partial charge in [0.1, 0.15) is 0 Å². The summed E-state index contributed by atoms with van der Waals surface area (Å²) in [5, 5.41) is 3.49. The summed E-state index contributed by atoms with van der Waals surface area (Å²) in [7, 11) is 0. The van der Waals surface area contributed by atoms with Crippen LogP contribution >= 0.6 is 24.8 Å². The Morgan fingerprint density at radius 1 is 1.18 bits per heavy atom. The molecule has 0 radical (unpaired) electrons. The van der Waals surface area contributed by atoms with Gasteiger partial charge in [-0.25, -0.2) is 0 Å². The Morgan fingerprint density at radius 3 is 2.18 bits per heavy atom. The summed E-state index contributed by atoms with van der Waals surface area (Å²) < 4.78 is 0. The molecular weight excluding hydrogens is 183 g/mol. The fraction of sp³-hybridized carbons (Fsp3) is 1.00. The average Bonchev–Trinajstić information content (AvgIpc) is 2.60. The first-order valence-corrected chi connectivity index (χ1v) is 3.81. The summed E-state index contributed by atoms with van der Waals surface area (Å²) in [4.78, 5) is 0. The largest absolute Gasteiger partial charge is 0.327 e. The molecule has 2 rings (SSSR count). The zero-order valence-electron chi connectivity index (χ0n) is 6.51. The second kappa shape index (κ2) is 3.94. The van der Waals surface area contributed by atoms with E-state index in [1.165, 1.54) is 25.7 Å². The van der Waals surface area contributed by atoms with Crippen LogP contribution in [0.1, 0.15) is 25.7 Å². The lowest BCUT2D eigenvalue weighted by molar-refractivity contribution is 0.350. The first-order chi connectivity index (χ1) is 4.31. The lowest BCUT2D eigenvalue weighted by atomic mass is 10.00. The van der Waals surface area contributed by atoms with E-state index in [2.05, 4.69) is 5.32 Å². The molecule has 1 saturated carbocycles. The average molecular weight is 199 g/mol. The number of nitrogens with one attached hydrogen (secondary N) is 1. The van der Waals surface area contributed by atoms with Gasteiger partial charge < -0.3 is 11.1 Å². The summed E-state index contributed by atoms with van der Waals surface area (Å²) in [6, 6.07) is 0.427. The minimum Gasteiger partial charge on any atom is -0.327 e. The Hall–Kier alpha value is 0.500. The van der Waals surface area contributed by atoms with Crippen LogP contribution in [0.4, 0.5) is 0 Å². The molecule has 3 N–H and O–H groups in total. The van der Waals surface area contributed by atoms with Crippen molar-refractivity contribution in [3.05, 3.63) is 0 Å². The van der Waals surface area contributed by atoms with Crippen LogP contribution in [0.2, 0.25) is 0 Å². The lowest BCUT2D eigenvalue weighted by Crippen LogP contribution is -2.46. The number of rotatable bonds is 0. The predicted octanol–water partition coefficient (Wildman–Crippen LogP) is 1.07. The van der Waals surface area contributed by atoms with Gasteiger partial charge in [0.2, 0.25) is 0 Å². The van der Waals surface area contributed by atoms with Gasteiger partial charge in [-0.3, -0.25) is 0 Å². The van der Waals surface area contributed by atoms with E-state index in [0.717, 1.165) is 6.54 Å². The van der Waals surface area contributed by atoms with E-state index in [1.54, 1.807) is 0 Å². The maximum atomic E-state index is 5.72. The lowest BCUT2D eigenvalue weighted by Gasteiger charge is -2.27. The quantitative estimate of drug-likeness (QED) is 0.612. The number of piperidine rings is 1. The summed E-state index contributed by atoms with van der Waals surface area (Å²) in [6.07, 6.45) is 5.32. The highest BCUT2D eigenvalue weighted by atomic mass is 35.5. The van der Waals surface area contributed by atoms with Gasteiger partial charge in [-0.15, -0.1) is 24.8 Å². The molecule has 2 aliphatic rings. The van der Waals surface area contributed by atoms with E-state index in [4.69, 9.17) is 5.73 Å². The van der Waals surface area contributed by atoms with E-state index in [0.29, 0.717) is 11.6 Å². The Labute approximate surface area is 80.1 Å². The van der Waals surface area contributed by atoms with Crippen LogP contribution in [0.3, 0.4) is 0 Å². The fourth-order valence-corrected chi connectivity index (χ4v) is 1.58. The van der Waals surface area contributed by atoms with Gasteiger partial charge in [-0.1, -0.05) is 0 Å². The van der Waals surface area contributed by atoms with Crippen molar-refractivity contribution < 1.29 is 0 Å². The van der Waals surface area contributed by atoms with Crippen molar-refractivity contribution in [3.63, 3.8) is 0 Å². The van der Waals surface area contributed by atoms with Crippen LogP contribution in [0.5, 0.6) is 0 Å². The van der Waals surface area contributed by atoms with Gasteiger partial charge >= 0.3 is 0 Å². The van der Waals surface area contributed by atoms with E-state index in [1.807, 2.05) is 0 Å². The molecule has 2 fully saturated rings. The van der Waals surface area contributed by atoms with Gasteiger partial charge in [0.05, 0.1) is 0 Å². The molecule has 0 unspecified atom stereocenters. The molecule has 2 nitrogen and oxygen atoms in total. The molecule has 0 aromatic rings. The Morgan fingerprint density at radius 2 is 1.82 bits per heavy atom. The minimum absolute atomic E-state index is 0. The summed E-state index contributed by atoms with van der Waals surface area (Å²) in [5.41, 5.74) is 6.30. The molecule has 68 valence electrons. The van der Waals surface area contributed by atoms with E-state index in [-0.39, 0.29) is 24.8 Å². The van der Waals surface area contributed by atoms with Crippen molar-refractivity contribution >= 4 is 24.8 Å². The van der Waals surface area contributed by atoms with E-state index >= 15 is 0 Å². The fourth-order valence-electron chi connectivity index (χ4n) is 1.58. The SMILES string of the molecule is Cl.Cl.N[C@@H]1CCC2(CC2)NC1. The molecular formula is C7H16Cl2N2. The summed E-state index contributed by atoms with van der Waals surface area (Å²) in [5.74, 6) is 0. The minimum atomic E-state index is 0. The van der Waals surface area contributed by atoms with Crippen molar-refractivity contribution in [1.82, 2.24) is 5.32 Å². The summed E-state index contributed by atoms with van der Waals surface area (Å²) >= 11 is 0. The van der Waals surface area contributed by atoms with Crippen molar-refractivity contribution in [1.29, 1.82) is 0 Å². The first kappa shape index (κ1) is 11.5. The maximum Gasteiger partial charge on any atom is 0.0184 e. The van der Waals surface area contributed by atoms with Crippen LogP contribution in [0, 0.1) is 0 Å². The topological polar surface area (TPSA) is 38.0 Å². The van der Waals surface area contributed by atoms with Crippen LogP contribution < -0.4 is 11.1 Å². The molecule has 11 heavy (non-hydrogen) atoms. The molecule has 4 heteroatoms. The molecule has 0 aromatic heterocycles. The number of halogens is 2. The number of nitrogens with two attached hydrogens (primary N) is 1. The smallest absolute Gasteiger partial charge is 0.0184 e. The highest BCUT2D eigenvalue weighted by Gasteiger charge is 2.43. The third-order valence-corrected chi connectivity index (χ3v) is 2.59. The molecule has 0 aromatic carbocycles. The van der Waals surface area contributed by atoms with Crippen LogP contribution in [0.15, 0.2) is 0 Å². The van der Waals surface area contributed by atoms with Crippen LogP contribution in [-0.2, 0) is 0 Å². The normalized spacial score (nSPS) is 31.9. The second-order valence-electron chi connectivity index (χ2n) is 3.46. The van der Waals surface area contributed by atoms with Crippen molar-refractivity contribution in [3.8, 4) is 0 Å². The zero-order valence-corrected chi connectivity index (χ0v) is 8.14. The highest BCUT2D eigenvalue weighted by molar-refractivity contribution is 5.85. The second-order valence-corrected chi connectivity index (χ2v) is 3.46. The molecule has 1 saturated heterocycles. The van der Waals surface area contributed by atoms with Crippen molar-refractivity contribution in [2.75, 3.05) is 6.54 Å². The third-order valence-electron chi connectivity index (χ3n) is 2.59. The third kappa shape index (κ3) is 2.48. The van der Waals surface area contributed by atoms with Crippen molar-refractivity contribution in [2.24, 2.45) is 5.73 Å². The van der Waals surface area contributed by atoms with Gasteiger partial charge in [0, 0.05) is 18.1 Å². The Kier molecular flexibility index (Phi) is 4.12. The van der Waals surface area contributed by atoms with Gasteiger partial charge in [-0.05, 0) is 25.7 Å². The standard InChI is InChI=1S/C7H14N2.2ClH/c8-6-1-2-7(3-4-7)9-5-6;;/h6,9H,1-5,8H2;2*1H/t6-;;/m1../s1. The molecule has 1 heterocycles. The first-order valence-electron chi connectivity index (χ1n) is 3.81. The van der Waals surface area contributed by atoms with Gasteiger partial charge in [0.15, 0.2) is 0 Å². The Balaban J connectivity index is 0.000000500. The molecule has 0 bridgehead atoms. The van der Waals surface area contributed by atoms with E-state index in [9.17, 15) is 0 Å². The predicted molar refractivity (Wildman–Crippen MR) is 51.7 cm³/mol. The maximum absolute atomic E-state index is 5.72. The molecule has 1 atom stereocenters. The molecule has 0 amide bonds. The molecule has 1 aliphatic carbocycles. The highest BCUT2D eigenvalue weighted by Crippen LogP contribution is 2.41. The van der Waals surface area contributed by atoms with E-state index < -0.39 is 0 Å². The number of hydrogen-bond donors (Lipinski definition) is 2. The van der Waals surface area contributed by atoms with Crippen LogP contribution in [-0.4, -0.2) is 18.1 Å². The molecule has 1 spiro atoms. The Bertz CT molecular complexity index is 116. The monoisotopic (exact) mass is 198 g/mol. The summed E-state index contributed by atoms with van der Waals surface area (Å²) in [6.45, 7) is 1.04. The zero-order chi connectivity index (χ0) is 6.32. The van der Waals surface area contributed by atoms with Gasteiger partial charge in [-0.2, -0.15) is 0 Å².